The molecule has 0 aliphatic rings. The molecule has 0 radical (unpaired) electrons. The summed E-state index contributed by atoms with van der Waals surface area (Å²) in [4.78, 5) is 24.0. The van der Waals surface area contributed by atoms with Crippen molar-refractivity contribution in [2.75, 3.05) is 6.61 Å². The molecule has 0 aliphatic heterocycles. The zero-order valence-corrected chi connectivity index (χ0v) is 12.1. The van der Waals surface area contributed by atoms with Crippen molar-refractivity contribution >= 4 is 5.97 Å². The molecule has 1 aromatic heterocycles. The van der Waals surface area contributed by atoms with Crippen LogP contribution in [0.1, 0.15) is 28.7 Å². The Balaban J connectivity index is 2.67. The van der Waals surface area contributed by atoms with E-state index in [1.807, 2.05) is 0 Å². The number of aromatic nitrogens is 1. The molecule has 0 unspecified atom stereocenters. The molecule has 2 aromatic rings. The van der Waals surface area contributed by atoms with Crippen LogP contribution in [0.25, 0.3) is 5.69 Å². The molecule has 0 N–H and O–H groups in total. The Morgan fingerprint density at radius 2 is 1.86 bits per heavy atom. The van der Waals surface area contributed by atoms with E-state index >= 15 is 0 Å². The van der Waals surface area contributed by atoms with Crippen molar-refractivity contribution < 1.29 is 13.9 Å². The number of rotatable bonds is 3. The van der Waals surface area contributed by atoms with E-state index in [4.69, 9.17) is 4.74 Å². The predicted molar refractivity (Wildman–Crippen MR) is 77.4 cm³/mol. The highest BCUT2D eigenvalue weighted by Gasteiger charge is 2.19. The molecule has 0 saturated carbocycles. The highest BCUT2D eigenvalue weighted by molar-refractivity contribution is 5.90. The lowest BCUT2D eigenvalue weighted by Crippen LogP contribution is -2.23. The first-order valence-corrected chi connectivity index (χ1v) is 6.62. The summed E-state index contributed by atoms with van der Waals surface area (Å²) in [5, 5.41) is 0. The molecule has 1 aromatic carbocycles. The van der Waals surface area contributed by atoms with Gasteiger partial charge in [0.05, 0.1) is 6.61 Å². The van der Waals surface area contributed by atoms with Crippen molar-refractivity contribution in [3.8, 4) is 5.69 Å². The van der Waals surface area contributed by atoms with Crippen molar-refractivity contribution in [3.05, 3.63) is 63.3 Å². The standard InChI is InChI=1S/C16H16FNO3/c1-4-21-16(20)15-11(3)18(10(2)9-14(15)19)13-7-5-12(17)6-8-13/h5-9H,4H2,1-3H3. The second kappa shape index (κ2) is 5.91. The summed E-state index contributed by atoms with van der Waals surface area (Å²) in [5.74, 6) is -0.989. The number of aryl methyl sites for hydroxylation is 1. The SMILES string of the molecule is CCOC(=O)c1c(C)n(-c2ccc(F)cc2)c(C)cc1=O. The van der Waals surface area contributed by atoms with Crippen LogP contribution < -0.4 is 5.43 Å². The molecule has 1 heterocycles. The maximum Gasteiger partial charge on any atom is 0.343 e. The Morgan fingerprint density at radius 3 is 2.43 bits per heavy atom. The summed E-state index contributed by atoms with van der Waals surface area (Å²) in [7, 11) is 0. The third-order valence-electron chi connectivity index (χ3n) is 3.20. The topological polar surface area (TPSA) is 48.3 Å². The Hall–Kier alpha value is -2.43. The minimum absolute atomic E-state index is 0.00627. The van der Waals surface area contributed by atoms with Gasteiger partial charge in [-0.15, -0.1) is 0 Å². The molecule has 0 spiro atoms. The maximum absolute atomic E-state index is 13.0. The number of carbonyl (C=O) groups excluding carboxylic acids is 1. The highest BCUT2D eigenvalue weighted by Crippen LogP contribution is 2.17. The Labute approximate surface area is 121 Å². The van der Waals surface area contributed by atoms with Crippen LogP contribution in [-0.2, 0) is 4.74 Å². The average Bonchev–Trinajstić information content (AvgIpc) is 2.40. The summed E-state index contributed by atoms with van der Waals surface area (Å²) in [6, 6.07) is 7.22. The van der Waals surface area contributed by atoms with Crippen LogP contribution in [-0.4, -0.2) is 17.1 Å². The third kappa shape index (κ3) is 2.86. The van der Waals surface area contributed by atoms with Gasteiger partial charge in [0.2, 0.25) is 0 Å². The number of halogens is 1. The first kappa shape index (κ1) is 15.0. The number of nitrogens with zero attached hydrogens (tertiary/aromatic N) is 1. The van der Waals surface area contributed by atoms with E-state index in [1.165, 1.54) is 18.2 Å². The van der Waals surface area contributed by atoms with E-state index in [0.717, 1.165) is 0 Å². The number of pyridine rings is 1. The van der Waals surface area contributed by atoms with E-state index in [-0.39, 0.29) is 23.4 Å². The summed E-state index contributed by atoms with van der Waals surface area (Å²) in [5.41, 5.74) is 1.45. The van der Waals surface area contributed by atoms with Gasteiger partial charge < -0.3 is 9.30 Å². The van der Waals surface area contributed by atoms with Crippen LogP contribution in [0.5, 0.6) is 0 Å². The quantitative estimate of drug-likeness (QED) is 0.816. The van der Waals surface area contributed by atoms with Crippen molar-refractivity contribution in [3.63, 3.8) is 0 Å². The van der Waals surface area contributed by atoms with Gasteiger partial charge in [-0.25, -0.2) is 9.18 Å². The smallest absolute Gasteiger partial charge is 0.343 e. The fourth-order valence-corrected chi connectivity index (χ4v) is 2.32. The van der Waals surface area contributed by atoms with E-state index in [2.05, 4.69) is 0 Å². The Morgan fingerprint density at radius 1 is 1.24 bits per heavy atom. The summed E-state index contributed by atoms with van der Waals surface area (Å²) >= 11 is 0. The lowest BCUT2D eigenvalue weighted by Gasteiger charge is -2.17. The second-order valence-corrected chi connectivity index (χ2v) is 4.64. The van der Waals surface area contributed by atoms with Crippen molar-refractivity contribution in [1.29, 1.82) is 0 Å². The van der Waals surface area contributed by atoms with Crippen LogP contribution in [0, 0.1) is 19.7 Å². The van der Waals surface area contributed by atoms with Crippen LogP contribution in [0.3, 0.4) is 0 Å². The molecule has 5 heteroatoms. The second-order valence-electron chi connectivity index (χ2n) is 4.64. The van der Waals surface area contributed by atoms with Gasteiger partial charge in [-0.1, -0.05) is 0 Å². The highest BCUT2D eigenvalue weighted by atomic mass is 19.1. The first-order chi connectivity index (χ1) is 9.95. The molecule has 4 nitrogen and oxygen atoms in total. The number of esters is 1. The van der Waals surface area contributed by atoms with Crippen LogP contribution >= 0.6 is 0 Å². The van der Waals surface area contributed by atoms with Crippen LogP contribution in [0.4, 0.5) is 4.39 Å². The Bertz CT molecular complexity index is 732. The lowest BCUT2D eigenvalue weighted by atomic mass is 10.1. The fraction of sp³-hybridized carbons (Fsp3) is 0.250. The van der Waals surface area contributed by atoms with Crippen molar-refractivity contribution in [1.82, 2.24) is 4.57 Å². The minimum atomic E-state index is -0.643. The molecule has 0 bridgehead atoms. The summed E-state index contributed by atoms with van der Waals surface area (Å²) < 4.78 is 19.7. The van der Waals surface area contributed by atoms with E-state index in [0.29, 0.717) is 17.1 Å². The number of benzene rings is 1. The van der Waals surface area contributed by atoms with Crippen molar-refractivity contribution in [2.45, 2.75) is 20.8 Å². The molecular formula is C16H16FNO3. The van der Waals surface area contributed by atoms with Gasteiger partial charge in [0.1, 0.15) is 11.4 Å². The molecule has 0 fully saturated rings. The zero-order valence-electron chi connectivity index (χ0n) is 12.1. The van der Waals surface area contributed by atoms with Gasteiger partial charge in [0.15, 0.2) is 5.43 Å². The largest absolute Gasteiger partial charge is 0.462 e. The van der Waals surface area contributed by atoms with Crippen molar-refractivity contribution in [2.24, 2.45) is 0 Å². The number of carbonyl (C=O) groups is 1. The van der Waals surface area contributed by atoms with Gasteiger partial charge in [0, 0.05) is 23.1 Å². The maximum atomic E-state index is 13.0. The van der Waals surface area contributed by atoms with E-state index < -0.39 is 5.97 Å². The Kier molecular flexibility index (Phi) is 4.21. The van der Waals surface area contributed by atoms with Gasteiger partial charge >= 0.3 is 5.97 Å². The lowest BCUT2D eigenvalue weighted by molar-refractivity contribution is 0.0523. The monoisotopic (exact) mass is 289 g/mol. The molecule has 0 aliphatic carbocycles. The molecule has 2 rings (SSSR count). The fourth-order valence-electron chi connectivity index (χ4n) is 2.32. The molecule has 0 atom stereocenters. The number of hydrogen-bond acceptors (Lipinski definition) is 3. The van der Waals surface area contributed by atoms with Gasteiger partial charge in [-0.3, -0.25) is 4.79 Å². The average molecular weight is 289 g/mol. The normalized spacial score (nSPS) is 10.5. The van der Waals surface area contributed by atoms with E-state index in [1.54, 1.807) is 37.5 Å². The van der Waals surface area contributed by atoms with Gasteiger partial charge in [0.25, 0.3) is 0 Å². The summed E-state index contributed by atoms with van der Waals surface area (Å²) in [6.07, 6.45) is 0. The molecule has 0 amide bonds. The molecule has 0 saturated heterocycles. The van der Waals surface area contributed by atoms with E-state index in [9.17, 15) is 14.0 Å². The predicted octanol–water partition coefficient (Wildman–Crippen LogP) is 2.77. The number of ether oxygens (including phenoxy) is 1. The molecule has 21 heavy (non-hydrogen) atoms. The van der Waals surface area contributed by atoms with Gasteiger partial charge in [-0.05, 0) is 45.0 Å². The van der Waals surface area contributed by atoms with Crippen LogP contribution in [0.2, 0.25) is 0 Å². The third-order valence-corrected chi connectivity index (χ3v) is 3.20. The first-order valence-electron chi connectivity index (χ1n) is 6.62. The van der Waals surface area contributed by atoms with Crippen LogP contribution in [0.15, 0.2) is 35.1 Å². The molecular weight excluding hydrogens is 273 g/mol. The zero-order chi connectivity index (χ0) is 15.6. The van der Waals surface area contributed by atoms with Gasteiger partial charge in [-0.2, -0.15) is 0 Å². The minimum Gasteiger partial charge on any atom is -0.462 e. The molecule has 110 valence electrons. The summed E-state index contributed by atoms with van der Waals surface area (Å²) in [6.45, 7) is 5.30. The number of hydrogen-bond donors (Lipinski definition) is 0.